The van der Waals surface area contributed by atoms with Crippen molar-refractivity contribution in [3.63, 3.8) is 0 Å². The van der Waals surface area contributed by atoms with E-state index in [2.05, 4.69) is 0 Å². The zero-order valence-corrected chi connectivity index (χ0v) is 8.01. The number of benzene rings is 1. The molecule has 0 bridgehead atoms. The fourth-order valence-electron chi connectivity index (χ4n) is 1.02. The molecular weight excluding hydrogens is 205 g/mol. The molecule has 0 aromatic heterocycles. The standard InChI is InChI=1S/C10H7ClFNO/c11-9-6-7(12)3-4-8(9)10(14)2-1-5-13/h3-4,6H,1-2H2. The first-order valence-corrected chi connectivity index (χ1v) is 4.38. The molecule has 0 N–H and O–H groups in total. The summed E-state index contributed by atoms with van der Waals surface area (Å²) in [7, 11) is 0. The summed E-state index contributed by atoms with van der Waals surface area (Å²) in [5.74, 6) is -0.719. The first-order chi connectivity index (χ1) is 6.65. The second kappa shape index (κ2) is 4.73. The van der Waals surface area contributed by atoms with Crippen LogP contribution in [0.4, 0.5) is 4.39 Å². The summed E-state index contributed by atoms with van der Waals surface area (Å²) in [6, 6.07) is 5.45. The number of hydrogen-bond acceptors (Lipinski definition) is 2. The fourth-order valence-corrected chi connectivity index (χ4v) is 1.29. The van der Waals surface area contributed by atoms with Gasteiger partial charge in [0.2, 0.25) is 0 Å². The van der Waals surface area contributed by atoms with E-state index < -0.39 is 5.82 Å². The molecule has 4 heteroatoms. The molecule has 0 atom stereocenters. The fraction of sp³-hybridized carbons (Fsp3) is 0.200. The highest BCUT2D eigenvalue weighted by atomic mass is 35.5. The number of rotatable bonds is 3. The van der Waals surface area contributed by atoms with Gasteiger partial charge in [-0.25, -0.2) is 4.39 Å². The molecule has 1 aromatic carbocycles. The summed E-state index contributed by atoms with van der Waals surface area (Å²) < 4.78 is 12.6. The topological polar surface area (TPSA) is 40.9 Å². The molecule has 0 saturated carbocycles. The second-order valence-corrected chi connectivity index (χ2v) is 3.11. The van der Waals surface area contributed by atoms with Crippen LogP contribution in [-0.2, 0) is 0 Å². The summed E-state index contributed by atoms with van der Waals surface area (Å²) in [4.78, 5) is 11.4. The molecule has 72 valence electrons. The predicted molar refractivity (Wildman–Crippen MR) is 50.6 cm³/mol. The summed E-state index contributed by atoms with van der Waals surface area (Å²) in [6.45, 7) is 0. The molecule has 0 aliphatic rings. The van der Waals surface area contributed by atoms with Crippen LogP contribution in [0, 0.1) is 17.1 Å². The second-order valence-electron chi connectivity index (χ2n) is 2.71. The number of nitriles is 1. The van der Waals surface area contributed by atoms with Crippen LogP contribution in [0.1, 0.15) is 23.2 Å². The maximum atomic E-state index is 12.6. The summed E-state index contributed by atoms with van der Waals surface area (Å²) >= 11 is 5.66. The van der Waals surface area contributed by atoms with E-state index in [4.69, 9.17) is 16.9 Å². The van der Waals surface area contributed by atoms with Crippen molar-refractivity contribution >= 4 is 17.4 Å². The van der Waals surface area contributed by atoms with Crippen molar-refractivity contribution in [3.8, 4) is 6.07 Å². The maximum Gasteiger partial charge on any atom is 0.165 e. The van der Waals surface area contributed by atoms with Gasteiger partial charge in [0.25, 0.3) is 0 Å². The molecule has 0 aliphatic heterocycles. The molecule has 14 heavy (non-hydrogen) atoms. The minimum absolute atomic E-state index is 0.0907. The van der Waals surface area contributed by atoms with Gasteiger partial charge in [0, 0.05) is 18.4 Å². The Hall–Kier alpha value is -1.40. The van der Waals surface area contributed by atoms with Crippen LogP contribution in [0.3, 0.4) is 0 Å². The van der Waals surface area contributed by atoms with Gasteiger partial charge in [-0.2, -0.15) is 5.26 Å². The average Bonchev–Trinajstić information content (AvgIpc) is 2.14. The van der Waals surface area contributed by atoms with Gasteiger partial charge >= 0.3 is 0 Å². The van der Waals surface area contributed by atoms with Gasteiger partial charge in [-0.05, 0) is 18.2 Å². The third-order valence-electron chi connectivity index (χ3n) is 1.70. The molecule has 0 radical (unpaired) electrons. The lowest BCUT2D eigenvalue weighted by Gasteiger charge is -2.00. The monoisotopic (exact) mass is 211 g/mol. The zero-order valence-electron chi connectivity index (χ0n) is 7.26. The van der Waals surface area contributed by atoms with Crippen LogP contribution in [0.25, 0.3) is 0 Å². The lowest BCUT2D eigenvalue weighted by Crippen LogP contribution is -1.99. The quantitative estimate of drug-likeness (QED) is 0.722. The van der Waals surface area contributed by atoms with E-state index in [1.807, 2.05) is 6.07 Å². The van der Waals surface area contributed by atoms with Crippen molar-refractivity contribution in [3.05, 3.63) is 34.6 Å². The molecule has 2 nitrogen and oxygen atoms in total. The largest absolute Gasteiger partial charge is 0.294 e. The molecule has 0 aliphatic carbocycles. The molecule has 1 aromatic rings. The number of carbonyl (C=O) groups excluding carboxylic acids is 1. The van der Waals surface area contributed by atoms with Gasteiger partial charge < -0.3 is 0 Å². The molecular formula is C10H7ClFNO. The first kappa shape index (κ1) is 10.7. The highest BCUT2D eigenvalue weighted by molar-refractivity contribution is 6.33. The van der Waals surface area contributed by atoms with Gasteiger partial charge in [0.15, 0.2) is 5.78 Å². The Morgan fingerprint density at radius 1 is 1.57 bits per heavy atom. The summed E-state index contributed by atoms with van der Waals surface area (Å²) in [5.41, 5.74) is 0.267. The van der Waals surface area contributed by atoms with Crippen LogP contribution < -0.4 is 0 Å². The number of Topliss-reactive ketones (excluding diaryl/α,β-unsaturated/α-hetero) is 1. The van der Waals surface area contributed by atoms with Gasteiger partial charge in [-0.1, -0.05) is 11.6 Å². The van der Waals surface area contributed by atoms with E-state index in [0.29, 0.717) is 0 Å². The van der Waals surface area contributed by atoms with Crippen molar-refractivity contribution in [2.24, 2.45) is 0 Å². The molecule has 1 rings (SSSR count). The number of ketones is 1. The molecule has 0 fully saturated rings. The minimum Gasteiger partial charge on any atom is -0.294 e. The number of nitrogens with zero attached hydrogens (tertiary/aromatic N) is 1. The Kier molecular flexibility index (Phi) is 3.61. The summed E-state index contributed by atoms with van der Waals surface area (Å²) in [5, 5.41) is 8.37. The normalized spacial score (nSPS) is 9.50. The van der Waals surface area contributed by atoms with Gasteiger partial charge in [-0.15, -0.1) is 0 Å². The van der Waals surface area contributed by atoms with Crippen LogP contribution in [0.15, 0.2) is 18.2 Å². The highest BCUT2D eigenvalue weighted by Crippen LogP contribution is 2.19. The maximum absolute atomic E-state index is 12.6. The average molecular weight is 212 g/mol. The lowest BCUT2D eigenvalue weighted by atomic mass is 10.1. The van der Waals surface area contributed by atoms with E-state index in [-0.39, 0.29) is 29.2 Å². The van der Waals surface area contributed by atoms with Gasteiger partial charge in [0.1, 0.15) is 5.82 Å². The van der Waals surface area contributed by atoms with Gasteiger partial charge in [-0.3, -0.25) is 4.79 Å². The molecule has 0 amide bonds. The zero-order chi connectivity index (χ0) is 10.6. The van der Waals surface area contributed by atoms with Crippen molar-refractivity contribution in [1.29, 1.82) is 5.26 Å². The predicted octanol–water partition coefficient (Wildman–Crippen LogP) is 2.97. The lowest BCUT2D eigenvalue weighted by molar-refractivity contribution is 0.0984. The highest BCUT2D eigenvalue weighted by Gasteiger charge is 2.10. The van der Waals surface area contributed by atoms with Gasteiger partial charge in [0.05, 0.1) is 11.1 Å². The number of halogens is 2. The van der Waals surface area contributed by atoms with Crippen molar-refractivity contribution < 1.29 is 9.18 Å². The Morgan fingerprint density at radius 3 is 2.86 bits per heavy atom. The van der Waals surface area contributed by atoms with E-state index in [1.54, 1.807) is 0 Å². The van der Waals surface area contributed by atoms with E-state index in [0.717, 1.165) is 6.07 Å². The van der Waals surface area contributed by atoms with Crippen LogP contribution in [0.2, 0.25) is 5.02 Å². The number of hydrogen-bond donors (Lipinski definition) is 0. The minimum atomic E-state index is -0.480. The number of carbonyl (C=O) groups is 1. The van der Waals surface area contributed by atoms with Crippen molar-refractivity contribution in [2.75, 3.05) is 0 Å². The van der Waals surface area contributed by atoms with Crippen LogP contribution in [-0.4, -0.2) is 5.78 Å². The Balaban J connectivity index is 2.86. The molecule has 0 heterocycles. The third-order valence-corrected chi connectivity index (χ3v) is 2.01. The Labute approximate surface area is 85.9 Å². The van der Waals surface area contributed by atoms with Crippen molar-refractivity contribution in [2.45, 2.75) is 12.8 Å². The Bertz CT molecular complexity index is 398. The molecule has 0 unspecified atom stereocenters. The van der Waals surface area contributed by atoms with E-state index in [9.17, 15) is 9.18 Å². The van der Waals surface area contributed by atoms with Crippen LogP contribution in [0.5, 0.6) is 0 Å². The first-order valence-electron chi connectivity index (χ1n) is 4.00. The van der Waals surface area contributed by atoms with Crippen molar-refractivity contribution in [1.82, 2.24) is 0 Å². The molecule has 0 saturated heterocycles. The summed E-state index contributed by atoms with van der Waals surface area (Å²) in [6.07, 6.45) is 0.258. The smallest absolute Gasteiger partial charge is 0.165 e. The van der Waals surface area contributed by atoms with E-state index >= 15 is 0 Å². The Morgan fingerprint density at radius 2 is 2.29 bits per heavy atom. The van der Waals surface area contributed by atoms with E-state index in [1.165, 1.54) is 12.1 Å². The third kappa shape index (κ3) is 2.54. The molecule has 0 spiro atoms. The SMILES string of the molecule is N#CCCC(=O)c1ccc(F)cc1Cl. The van der Waals surface area contributed by atoms with Crippen LogP contribution >= 0.6 is 11.6 Å².